The van der Waals surface area contributed by atoms with Crippen molar-refractivity contribution in [3.8, 4) is 5.75 Å². The monoisotopic (exact) mass is 428 g/mol. The van der Waals surface area contributed by atoms with E-state index >= 15 is 0 Å². The lowest BCUT2D eigenvalue weighted by molar-refractivity contribution is -0.123. The van der Waals surface area contributed by atoms with Gasteiger partial charge in [-0.15, -0.1) is 0 Å². The van der Waals surface area contributed by atoms with Gasteiger partial charge >= 0.3 is 0 Å². The van der Waals surface area contributed by atoms with E-state index in [0.717, 1.165) is 17.7 Å². The highest BCUT2D eigenvalue weighted by atomic mass is 32.2. The van der Waals surface area contributed by atoms with E-state index in [-0.39, 0.29) is 22.8 Å². The van der Waals surface area contributed by atoms with Crippen LogP contribution in [0.15, 0.2) is 47.4 Å². The van der Waals surface area contributed by atoms with Crippen molar-refractivity contribution in [2.45, 2.75) is 44.0 Å². The molecule has 2 heterocycles. The molecule has 0 unspecified atom stereocenters. The molecule has 0 bridgehead atoms. The van der Waals surface area contributed by atoms with Gasteiger partial charge in [-0.05, 0) is 68.5 Å². The van der Waals surface area contributed by atoms with Crippen molar-refractivity contribution in [1.82, 2.24) is 4.31 Å². The van der Waals surface area contributed by atoms with Crippen LogP contribution in [-0.2, 0) is 21.2 Å². The van der Waals surface area contributed by atoms with E-state index in [1.807, 2.05) is 30.0 Å². The van der Waals surface area contributed by atoms with Gasteiger partial charge in [0, 0.05) is 30.7 Å². The highest BCUT2D eigenvalue weighted by Crippen LogP contribution is 2.35. The van der Waals surface area contributed by atoms with Gasteiger partial charge in [0.15, 0.2) is 0 Å². The third kappa shape index (κ3) is 3.61. The van der Waals surface area contributed by atoms with E-state index in [9.17, 15) is 13.2 Å². The second-order valence-corrected chi connectivity index (χ2v) is 10.1. The predicted molar refractivity (Wildman–Crippen MR) is 116 cm³/mol. The minimum atomic E-state index is -3.58. The van der Waals surface area contributed by atoms with Crippen molar-refractivity contribution >= 4 is 21.6 Å². The van der Waals surface area contributed by atoms with Crippen LogP contribution in [0.5, 0.6) is 5.75 Å². The first-order valence-corrected chi connectivity index (χ1v) is 11.8. The van der Waals surface area contributed by atoms with Gasteiger partial charge in [0.1, 0.15) is 5.75 Å². The van der Waals surface area contributed by atoms with Crippen LogP contribution in [0.25, 0.3) is 0 Å². The summed E-state index contributed by atoms with van der Waals surface area (Å²) in [6.45, 7) is 4.61. The number of aryl methyl sites for hydroxylation is 1. The molecule has 7 heteroatoms. The number of rotatable bonds is 4. The van der Waals surface area contributed by atoms with Gasteiger partial charge in [0.25, 0.3) is 0 Å². The van der Waals surface area contributed by atoms with Gasteiger partial charge < -0.3 is 9.64 Å². The van der Waals surface area contributed by atoms with Crippen molar-refractivity contribution in [3.63, 3.8) is 0 Å². The SMILES string of the molecule is COc1ccc(S(=O)(=O)N2CCC(C(=O)N3c4ccccc4C[C@@H]3C)CC2)cc1C. The third-order valence-corrected chi connectivity index (χ3v) is 8.15. The highest BCUT2D eigenvalue weighted by molar-refractivity contribution is 7.89. The van der Waals surface area contributed by atoms with Crippen LogP contribution >= 0.6 is 0 Å². The standard InChI is InChI=1S/C23H28N2O4S/c1-16-14-20(8-9-22(16)29-3)30(27,28)24-12-10-18(11-13-24)23(26)25-17(2)15-19-6-4-5-7-21(19)25/h4-9,14,17-18H,10-13,15H2,1-3H3/t17-/m0/s1. The fraction of sp³-hybridized carbons (Fsp3) is 0.435. The van der Waals surface area contributed by atoms with E-state index in [0.29, 0.717) is 31.7 Å². The van der Waals surface area contributed by atoms with E-state index in [2.05, 4.69) is 13.0 Å². The van der Waals surface area contributed by atoms with E-state index in [1.54, 1.807) is 25.3 Å². The van der Waals surface area contributed by atoms with Crippen molar-refractivity contribution in [2.24, 2.45) is 5.92 Å². The number of anilines is 1. The number of hydrogen-bond donors (Lipinski definition) is 0. The van der Waals surface area contributed by atoms with Gasteiger partial charge in [0.2, 0.25) is 15.9 Å². The van der Waals surface area contributed by atoms with Crippen LogP contribution in [0.4, 0.5) is 5.69 Å². The zero-order valence-corrected chi connectivity index (χ0v) is 18.5. The first kappa shape index (κ1) is 20.9. The summed E-state index contributed by atoms with van der Waals surface area (Å²) >= 11 is 0. The average Bonchev–Trinajstić information content (AvgIpc) is 3.08. The Kier molecular flexibility index (Phi) is 5.59. The molecule has 1 amide bonds. The molecule has 2 aromatic carbocycles. The quantitative estimate of drug-likeness (QED) is 0.749. The molecule has 160 valence electrons. The summed E-state index contributed by atoms with van der Waals surface area (Å²) in [5, 5.41) is 0. The molecule has 1 atom stereocenters. The minimum absolute atomic E-state index is 0.116. The second kappa shape index (κ2) is 8.04. The van der Waals surface area contributed by atoms with Gasteiger partial charge in [-0.25, -0.2) is 8.42 Å². The first-order valence-electron chi connectivity index (χ1n) is 10.4. The molecular weight excluding hydrogens is 400 g/mol. The average molecular weight is 429 g/mol. The van der Waals surface area contributed by atoms with Gasteiger partial charge in [-0.2, -0.15) is 4.31 Å². The number of nitrogens with zero attached hydrogens (tertiary/aromatic N) is 2. The Morgan fingerprint density at radius 3 is 2.47 bits per heavy atom. The molecule has 0 radical (unpaired) electrons. The molecule has 30 heavy (non-hydrogen) atoms. The van der Waals surface area contributed by atoms with Crippen molar-refractivity contribution in [3.05, 3.63) is 53.6 Å². The van der Waals surface area contributed by atoms with Crippen LogP contribution in [-0.4, -0.2) is 44.9 Å². The van der Waals surface area contributed by atoms with E-state index in [4.69, 9.17) is 4.74 Å². The molecule has 2 aliphatic rings. The zero-order chi connectivity index (χ0) is 21.5. The minimum Gasteiger partial charge on any atom is -0.496 e. The Balaban J connectivity index is 1.46. The van der Waals surface area contributed by atoms with Crippen molar-refractivity contribution in [1.29, 1.82) is 0 Å². The number of piperidine rings is 1. The Morgan fingerprint density at radius 2 is 1.80 bits per heavy atom. The molecule has 0 aliphatic carbocycles. The fourth-order valence-electron chi connectivity index (χ4n) is 4.60. The largest absolute Gasteiger partial charge is 0.496 e. The number of fused-ring (bicyclic) bond motifs is 1. The van der Waals surface area contributed by atoms with Crippen LogP contribution in [0.3, 0.4) is 0 Å². The number of benzene rings is 2. The third-order valence-electron chi connectivity index (χ3n) is 6.25. The fourth-order valence-corrected chi connectivity index (χ4v) is 6.16. The Hall–Kier alpha value is -2.38. The Morgan fingerprint density at radius 1 is 1.10 bits per heavy atom. The maximum Gasteiger partial charge on any atom is 0.243 e. The Bertz CT molecular complexity index is 1060. The van der Waals surface area contributed by atoms with Crippen LogP contribution in [0.1, 0.15) is 30.9 Å². The summed E-state index contributed by atoms with van der Waals surface area (Å²) in [4.78, 5) is 15.4. The number of para-hydroxylation sites is 1. The molecule has 0 saturated carbocycles. The van der Waals surface area contributed by atoms with Crippen molar-refractivity contribution < 1.29 is 17.9 Å². The smallest absolute Gasteiger partial charge is 0.243 e. The number of amides is 1. The van der Waals surface area contributed by atoms with Crippen LogP contribution < -0.4 is 9.64 Å². The second-order valence-electron chi connectivity index (χ2n) is 8.20. The lowest BCUT2D eigenvalue weighted by Gasteiger charge is -2.34. The van der Waals surface area contributed by atoms with Gasteiger partial charge in [-0.1, -0.05) is 18.2 Å². The number of hydrogen-bond acceptors (Lipinski definition) is 4. The summed E-state index contributed by atoms with van der Waals surface area (Å²) in [5.74, 6) is 0.630. The van der Waals surface area contributed by atoms with E-state index in [1.165, 1.54) is 9.87 Å². The number of methoxy groups -OCH3 is 1. The zero-order valence-electron chi connectivity index (χ0n) is 17.7. The molecule has 6 nitrogen and oxygen atoms in total. The molecule has 2 aliphatic heterocycles. The summed E-state index contributed by atoms with van der Waals surface area (Å²) in [6.07, 6.45) is 1.95. The number of carbonyl (C=O) groups is 1. The van der Waals surface area contributed by atoms with E-state index < -0.39 is 10.0 Å². The topological polar surface area (TPSA) is 66.9 Å². The lowest BCUT2D eigenvalue weighted by Crippen LogP contribution is -2.46. The molecule has 0 aromatic heterocycles. The highest BCUT2D eigenvalue weighted by Gasteiger charge is 2.38. The summed E-state index contributed by atoms with van der Waals surface area (Å²) in [7, 11) is -2.02. The molecule has 0 N–H and O–H groups in total. The molecule has 1 fully saturated rings. The molecule has 4 rings (SSSR count). The Labute approximate surface area is 178 Å². The normalized spacial score (nSPS) is 20.2. The van der Waals surface area contributed by atoms with Crippen LogP contribution in [0.2, 0.25) is 0 Å². The maximum absolute atomic E-state index is 13.3. The molecular formula is C23H28N2O4S. The van der Waals surface area contributed by atoms with Gasteiger partial charge in [-0.3, -0.25) is 4.79 Å². The molecule has 2 aromatic rings. The summed E-state index contributed by atoms with van der Waals surface area (Å²) in [6, 6.07) is 13.1. The first-order chi connectivity index (χ1) is 14.3. The maximum atomic E-state index is 13.3. The number of sulfonamides is 1. The lowest BCUT2D eigenvalue weighted by atomic mass is 9.96. The van der Waals surface area contributed by atoms with Crippen LogP contribution in [0, 0.1) is 12.8 Å². The summed E-state index contributed by atoms with van der Waals surface area (Å²) in [5.41, 5.74) is 2.98. The molecule has 0 spiro atoms. The van der Waals surface area contributed by atoms with Gasteiger partial charge in [0.05, 0.1) is 12.0 Å². The number of ether oxygens (including phenoxy) is 1. The van der Waals surface area contributed by atoms with Crippen molar-refractivity contribution in [2.75, 3.05) is 25.1 Å². The number of carbonyl (C=O) groups excluding carboxylic acids is 1. The summed E-state index contributed by atoms with van der Waals surface area (Å²) < 4.78 is 32.9. The molecule has 1 saturated heterocycles. The predicted octanol–water partition coefficient (Wildman–Crippen LogP) is 3.38.